The van der Waals surface area contributed by atoms with Crippen molar-refractivity contribution < 1.29 is 19.7 Å². The standard InChI is InChI=1S/C15H20O4S/c1-19-12-2-4-13(5-3-12)20-10-15(18)8-6-11(7-9-15)14(16)17/h2-5,11,18H,6-10H2,1H3,(H,16,17). The van der Waals surface area contributed by atoms with Crippen molar-refractivity contribution >= 4 is 17.7 Å². The molecule has 2 rings (SSSR count). The highest BCUT2D eigenvalue weighted by Gasteiger charge is 2.35. The van der Waals surface area contributed by atoms with E-state index in [9.17, 15) is 9.90 Å². The van der Waals surface area contributed by atoms with Gasteiger partial charge < -0.3 is 14.9 Å². The molecule has 110 valence electrons. The molecule has 0 atom stereocenters. The van der Waals surface area contributed by atoms with E-state index in [0.717, 1.165) is 10.6 Å². The summed E-state index contributed by atoms with van der Waals surface area (Å²) in [5.41, 5.74) is -0.740. The van der Waals surface area contributed by atoms with Crippen molar-refractivity contribution in [3.8, 4) is 5.75 Å². The Morgan fingerprint density at radius 2 is 1.95 bits per heavy atom. The number of thioether (sulfide) groups is 1. The number of hydrogen-bond acceptors (Lipinski definition) is 4. The Morgan fingerprint density at radius 1 is 1.35 bits per heavy atom. The minimum atomic E-state index is -0.741. The van der Waals surface area contributed by atoms with Gasteiger partial charge in [0.1, 0.15) is 5.75 Å². The van der Waals surface area contributed by atoms with Gasteiger partial charge in [0, 0.05) is 10.6 Å². The highest BCUT2D eigenvalue weighted by Crippen LogP contribution is 2.36. The molecule has 20 heavy (non-hydrogen) atoms. The Hall–Kier alpha value is -1.20. The van der Waals surface area contributed by atoms with Crippen molar-refractivity contribution in [1.82, 2.24) is 0 Å². The first kappa shape index (κ1) is 15.2. The van der Waals surface area contributed by atoms with E-state index in [1.165, 1.54) is 0 Å². The molecule has 5 heteroatoms. The van der Waals surface area contributed by atoms with Gasteiger partial charge in [0.05, 0.1) is 18.6 Å². The molecule has 2 N–H and O–H groups in total. The number of carboxylic acids is 1. The summed E-state index contributed by atoms with van der Waals surface area (Å²) in [5, 5.41) is 19.5. The van der Waals surface area contributed by atoms with Crippen LogP contribution in [0.1, 0.15) is 25.7 Å². The number of carboxylic acid groups (broad SMARTS) is 1. The fraction of sp³-hybridized carbons (Fsp3) is 0.533. The zero-order valence-electron chi connectivity index (χ0n) is 11.5. The lowest BCUT2D eigenvalue weighted by atomic mass is 9.80. The number of carbonyl (C=O) groups is 1. The number of benzene rings is 1. The second-order valence-electron chi connectivity index (χ2n) is 5.30. The molecule has 0 aliphatic heterocycles. The van der Waals surface area contributed by atoms with Gasteiger partial charge in [-0.2, -0.15) is 0 Å². The molecular weight excluding hydrogens is 276 g/mol. The summed E-state index contributed by atoms with van der Waals surface area (Å²) in [4.78, 5) is 12.0. The highest BCUT2D eigenvalue weighted by atomic mass is 32.2. The van der Waals surface area contributed by atoms with Crippen LogP contribution in [0.4, 0.5) is 0 Å². The summed E-state index contributed by atoms with van der Waals surface area (Å²) < 4.78 is 5.10. The van der Waals surface area contributed by atoms with Crippen molar-refractivity contribution in [3.63, 3.8) is 0 Å². The molecule has 4 nitrogen and oxygen atoms in total. The zero-order chi connectivity index (χ0) is 14.6. The fourth-order valence-electron chi connectivity index (χ4n) is 2.44. The summed E-state index contributed by atoms with van der Waals surface area (Å²) in [6.07, 6.45) is 2.25. The van der Waals surface area contributed by atoms with Crippen LogP contribution in [-0.2, 0) is 4.79 Å². The van der Waals surface area contributed by atoms with Gasteiger partial charge in [-0.3, -0.25) is 4.79 Å². The molecule has 1 aromatic rings. The van der Waals surface area contributed by atoms with E-state index in [2.05, 4.69) is 0 Å². The van der Waals surface area contributed by atoms with Crippen LogP contribution >= 0.6 is 11.8 Å². The monoisotopic (exact) mass is 296 g/mol. The molecule has 0 saturated heterocycles. The van der Waals surface area contributed by atoms with E-state index < -0.39 is 11.6 Å². The van der Waals surface area contributed by atoms with Crippen LogP contribution in [0.5, 0.6) is 5.75 Å². The third-order valence-corrected chi connectivity index (χ3v) is 5.12. The molecule has 1 aliphatic carbocycles. The molecule has 1 saturated carbocycles. The van der Waals surface area contributed by atoms with E-state index >= 15 is 0 Å². The minimum Gasteiger partial charge on any atom is -0.497 e. The fourth-order valence-corrected chi connectivity index (χ4v) is 3.49. The molecule has 0 radical (unpaired) electrons. The summed E-state index contributed by atoms with van der Waals surface area (Å²) in [6, 6.07) is 7.73. The smallest absolute Gasteiger partial charge is 0.306 e. The van der Waals surface area contributed by atoms with Crippen LogP contribution in [0.15, 0.2) is 29.2 Å². The Balaban J connectivity index is 1.85. The van der Waals surface area contributed by atoms with Crippen LogP contribution < -0.4 is 4.74 Å². The van der Waals surface area contributed by atoms with Gasteiger partial charge in [0.15, 0.2) is 0 Å². The largest absolute Gasteiger partial charge is 0.497 e. The van der Waals surface area contributed by atoms with Gasteiger partial charge in [0.2, 0.25) is 0 Å². The number of aliphatic hydroxyl groups is 1. The molecular formula is C15H20O4S. The summed E-state index contributed by atoms with van der Waals surface area (Å²) in [7, 11) is 1.63. The SMILES string of the molecule is COc1ccc(SCC2(O)CCC(C(=O)O)CC2)cc1. The molecule has 0 bridgehead atoms. The van der Waals surface area contributed by atoms with Crippen molar-refractivity contribution in [3.05, 3.63) is 24.3 Å². The third-order valence-electron chi connectivity index (χ3n) is 3.83. The normalized spacial score (nSPS) is 26.2. The maximum absolute atomic E-state index is 10.9. The van der Waals surface area contributed by atoms with E-state index in [0.29, 0.717) is 31.4 Å². The Labute approximate surface area is 123 Å². The lowest BCUT2D eigenvalue weighted by molar-refractivity contribution is -0.144. The average Bonchev–Trinajstić information content (AvgIpc) is 2.46. The van der Waals surface area contributed by atoms with Crippen LogP contribution in [0.2, 0.25) is 0 Å². The first-order valence-corrected chi connectivity index (χ1v) is 7.73. The van der Waals surface area contributed by atoms with E-state index in [4.69, 9.17) is 9.84 Å². The van der Waals surface area contributed by atoms with Crippen molar-refractivity contribution in [2.75, 3.05) is 12.9 Å². The van der Waals surface area contributed by atoms with Crippen molar-refractivity contribution in [2.45, 2.75) is 36.2 Å². The van der Waals surface area contributed by atoms with Gasteiger partial charge in [0.25, 0.3) is 0 Å². The Morgan fingerprint density at radius 3 is 2.45 bits per heavy atom. The van der Waals surface area contributed by atoms with Crippen molar-refractivity contribution in [1.29, 1.82) is 0 Å². The minimum absolute atomic E-state index is 0.290. The van der Waals surface area contributed by atoms with E-state index in [1.807, 2.05) is 24.3 Å². The molecule has 0 unspecified atom stereocenters. The Kier molecular flexibility index (Phi) is 4.94. The second kappa shape index (κ2) is 6.50. The van der Waals surface area contributed by atoms with Crippen LogP contribution in [0, 0.1) is 5.92 Å². The lowest BCUT2D eigenvalue weighted by Gasteiger charge is -2.34. The maximum Gasteiger partial charge on any atom is 0.306 e. The summed E-state index contributed by atoms with van der Waals surface area (Å²) >= 11 is 1.60. The quantitative estimate of drug-likeness (QED) is 0.818. The predicted octanol–water partition coefficient (Wildman–Crippen LogP) is 2.79. The topological polar surface area (TPSA) is 66.8 Å². The first-order chi connectivity index (χ1) is 9.52. The van der Waals surface area contributed by atoms with Gasteiger partial charge in [-0.05, 0) is 49.9 Å². The number of hydrogen-bond donors (Lipinski definition) is 2. The third kappa shape index (κ3) is 3.90. The number of methoxy groups -OCH3 is 1. The lowest BCUT2D eigenvalue weighted by Crippen LogP contribution is -2.38. The van der Waals surface area contributed by atoms with Gasteiger partial charge >= 0.3 is 5.97 Å². The number of aliphatic carboxylic acids is 1. The maximum atomic E-state index is 10.9. The highest BCUT2D eigenvalue weighted by molar-refractivity contribution is 7.99. The second-order valence-corrected chi connectivity index (χ2v) is 6.35. The van der Waals surface area contributed by atoms with Crippen molar-refractivity contribution in [2.24, 2.45) is 5.92 Å². The average molecular weight is 296 g/mol. The Bertz CT molecular complexity index is 449. The number of rotatable bonds is 5. The van der Waals surface area contributed by atoms with Gasteiger partial charge in [-0.15, -0.1) is 11.8 Å². The first-order valence-electron chi connectivity index (χ1n) is 6.74. The molecule has 0 heterocycles. The molecule has 1 aliphatic rings. The molecule has 1 aromatic carbocycles. The summed E-state index contributed by atoms with van der Waals surface area (Å²) in [6.45, 7) is 0. The van der Waals surface area contributed by atoms with Crippen LogP contribution in [0.3, 0.4) is 0 Å². The van der Waals surface area contributed by atoms with E-state index in [-0.39, 0.29) is 5.92 Å². The molecule has 0 aromatic heterocycles. The zero-order valence-corrected chi connectivity index (χ0v) is 12.4. The van der Waals surface area contributed by atoms with Crippen LogP contribution in [0.25, 0.3) is 0 Å². The number of ether oxygens (including phenoxy) is 1. The van der Waals surface area contributed by atoms with Gasteiger partial charge in [-0.25, -0.2) is 0 Å². The molecule has 0 amide bonds. The molecule has 0 spiro atoms. The van der Waals surface area contributed by atoms with E-state index in [1.54, 1.807) is 18.9 Å². The van der Waals surface area contributed by atoms with Crippen LogP contribution in [-0.4, -0.2) is 34.6 Å². The summed E-state index contributed by atoms with van der Waals surface area (Å²) in [5.74, 6) is 0.386. The predicted molar refractivity (Wildman–Crippen MR) is 78.3 cm³/mol. The molecule has 1 fully saturated rings. The van der Waals surface area contributed by atoms with Gasteiger partial charge in [-0.1, -0.05) is 0 Å².